The zero-order chi connectivity index (χ0) is 10.9. The molecule has 0 saturated heterocycles. The molecule has 0 aliphatic rings. The van der Waals surface area contributed by atoms with Crippen LogP contribution in [0.15, 0.2) is 10.5 Å². The van der Waals surface area contributed by atoms with Gasteiger partial charge in [0, 0.05) is 0 Å². The molecule has 0 aliphatic heterocycles. The fraction of sp³-hybridized carbons (Fsp3) is 0.250. The van der Waals surface area contributed by atoms with Crippen molar-refractivity contribution in [3.05, 3.63) is 27.5 Å². The Labute approximate surface area is 86.9 Å². The van der Waals surface area contributed by atoms with E-state index in [1.165, 1.54) is 13.0 Å². The molecule has 1 heterocycles. The zero-order valence-corrected chi connectivity index (χ0v) is 8.68. The van der Waals surface area contributed by atoms with Gasteiger partial charge in [-0.25, -0.2) is 18.6 Å². The van der Waals surface area contributed by atoms with E-state index in [1.807, 2.05) is 0 Å². The van der Waals surface area contributed by atoms with Crippen LogP contribution in [0.4, 0.5) is 8.78 Å². The summed E-state index contributed by atoms with van der Waals surface area (Å²) < 4.78 is 24.9. The molecule has 0 aromatic carbocycles. The van der Waals surface area contributed by atoms with Gasteiger partial charge in [0.25, 0.3) is 6.43 Å². The van der Waals surface area contributed by atoms with Crippen molar-refractivity contribution in [1.82, 2.24) is 4.98 Å². The zero-order valence-electron chi connectivity index (χ0n) is 7.09. The Kier molecular flexibility index (Phi) is 3.15. The number of rotatable bonds is 2. The van der Waals surface area contributed by atoms with E-state index in [-0.39, 0.29) is 10.0 Å². The van der Waals surface area contributed by atoms with Crippen molar-refractivity contribution in [3.8, 4) is 0 Å². The average Bonchev–Trinajstić information content (AvgIpc) is 2.02. The highest BCUT2D eigenvalue weighted by Crippen LogP contribution is 2.25. The van der Waals surface area contributed by atoms with E-state index in [4.69, 9.17) is 5.11 Å². The molecule has 0 aliphatic carbocycles. The molecule has 76 valence electrons. The first-order chi connectivity index (χ1) is 6.43. The van der Waals surface area contributed by atoms with E-state index in [9.17, 15) is 13.6 Å². The first-order valence-electron chi connectivity index (χ1n) is 3.62. The van der Waals surface area contributed by atoms with Crippen LogP contribution in [-0.4, -0.2) is 16.1 Å². The standard InChI is InChI=1S/C8H6BrF2NO2/c1-3-2-4(9)6(8(13)14)12-5(3)7(10)11/h2,7H,1H3,(H,13,14). The van der Waals surface area contributed by atoms with Gasteiger partial charge in [-0.05, 0) is 34.5 Å². The molecule has 0 saturated carbocycles. The molecule has 0 fully saturated rings. The summed E-state index contributed by atoms with van der Waals surface area (Å²) in [5.74, 6) is -1.33. The number of carboxylic acid groups (broad SMARTS) is 1. The lowest BCUT2D eigenvalue weighted by Crippen LogP contribution is -2.06. The van der Waals surface area contributed by atoms with Crippen molar-refractivity contribution in [1.29, 1.82) is 0 Å². The van der Waals surface area contributed by atoms with Gasteiger partial charge in [-0.15, -0.1) is 0 Å². The number of aryl methyl sites for hydroxylation is 1. The molecule has 1 aromatic rings. The Balaban J connectivity index is 3.34. The highest BCUT2D eigenvalue weighted by Gasteiger charge is 2.18. The molecule has 14 heavy (non-hydrogen) atoms. The van der Waals surface area contributed by atoms with Crippen molar-refractivity contribution in [2.45, 2.75) is 13.3 Å². The third kappa shape index (κ3) is 2.06. The van der Waals surface area contributed by atoms with Crippen molar-refractivity contribution >= 4 is 21.9 Å². The number of pyridine rings is 1. The lowest BCUT2D eigenvalue weighted by molar-refractivity contribution is 0.0687. The number of carboxylic acids is 1. The van der Waals surface area contributed by atoms with Crippen molar-refractivity contribution in [2.75, 3.05) is 0 Å². The molecule has 1 aromatic heterocycles. The Morgan fingerprint density at radius 2 is 2.21 bits per heavy atom. The highest BCUT2D eigenvalue weighted by molar-refractivity contribution is 9.10. The summed E-state index contributed by atoms with van der Waals surface area (Å²) in [5.41, 5.74) is -0.631. The lowest BCUT2D eigenvalue weighted by atomic mass is 10.2. The van der Waals surface area contributed by atoms with Crippen LogP contribution in [0.3, 0.4) is 0 Å². The molecule has 1 rings (SSSR count). The molecule has 0 unspecified atom stereocenters. The maximum Gasteiger partial charge on any atom is 0.355 e. The number of hydrogen-bond acceptors (Lipinski definition) is 2. The quantitative estimate of drug-likeness (QED) is 0.895. The summed E-state index contributed by atoms with van der Waals surface area (Å²) in [6.45, 7) is 1.45. The van der Waals surface area contributed by atoms with Crippen molar-refractivity contribution in [3.63, 3.8) is 0 Å². The van der Waals surface area contributed by atoms with E-state index < -0.39 is 23.8 Å². The molecule has 6 heteroatoms. The number of alkyl halides is 2. The average molecular weight is 266 g/mol. The first-order valence-corrected chi connectivity index (χ1v) is 4.41. The number of hydrogen-bond donors (Lipinski definition) is 1. The van der Waals surface area contributed by atoms with Gasteiger partial charge < -0.3 is 5.11 Å². The minimum atomic E-state index is -2.76. The summed E-state index contributed by atoms with van der Waals surface area (Å²) in [4.78, 5) is 13.9. The van der Waals surface area contributed by atoms with Crippen LogP contribution >= 0.6 is 15.9 Å². The minimum absolute atomic E-state index is 0.201. The predicted octanol–water partition coefficient (Wildman–Crippen LogP) is 2.79. The van der Waals surface area contributed by atoms with Gasteiger partial charge in [0.2, 0.25) is 0 Å². The monoisotopic (exact) mass is 265 g/mol. The summed E-state index contributed by atoms with van der Waals surface area (Å²) in [7, 11) is 0. The van der Waals surface area contributed by atoms with Gasteiger partial charge in [-0.1, -0.05) is 0 Å². The van der Waals surface area contributed by atoms with E-state index in [0.717, 1.165) is 0 Å². The molecular formula is C8H6BrF2NO2. The summed E-state index contributed by atoms with van der Waals surface area (Å²) in [6, 6.07) is 1.32. The topological polar surface area (TPSA) is 50.2 Å². The number of aromatic carboxylic acids is 1. The van der Waals surface area contributed by atoms with E-state index in [2.05, 4.69) is 20.9 Å². The first kappa shape index (κ1) is 11.0. The maximum absolute atomic E-state index is 12.3. The second-order valence-corrected chi connectivity index (χ2v) is 3.48. The largest absolute Gasteiger partial charge is 0.476 e. The minimum Gasteiger partial charge on any atom is -0.476 e. The van der Waals surface area contributed by atoms with Crippen LogP contribution in [0.1, 0.15) is 28.2 Å². The summed E-state index contributed by atoms with van der Waals surface area (Å²) in [6.07, 6.45) is -2.76. The number of nitrogens with zero attached hydrogens (tertiary/aromatic N) is 1. The van der Waals surface area contributed by atoms with Gasteiger partial charge >= 0.3 is 5.97 Å². The van der Waals surface area contributed by atoms with Crippen LogP contribution in [0.25, 0.3) is 0 Å². The van der Waals surface area contributed by atoms with Gasteiger partial charge in [0.15, 0.2) is 5.69 Å². The van der Waals surface area contributed by atoms with Crippen LogP contribution in [0, 0.1) is 6.92 Å². The summed E-state index contributed by atoms with van der Waals surface area (Å²) >= 11 is 2.94. The Morgan fingerprint density at radius 1 is 1.64 bits per heavy atom. The Bertz CT molecular complexity index is 382. The van der Waals surface area contributed by atoms with Crippen molar-refractivity contribution in [2.24, 2.45) is 0 Å². The number of carbonyl (C=O) groups is 1. The number of halogens is 3. The van der Waals surface area contributed by atoms with Gasteiger partial charge in [-0.2, -0.15) is 0 Å². The van der Waals surface area contributed by atoms with Gasteiger partial charge in [-0.3, -0.25) is 0 Å². The molecule has 0 spiro atoms. The fourth-order valence-corrected chi connectivity index (χ4v) is 1.57. The molecule has 0 radical (unpaired) electrons. The van der Waals surface area contributed by atoms with E-state index in [1.54, 1.807) is 0 Å². The fourth-order valence-electron chi connectivity index (χ4n) is 0.965. The van der Waals surface area contributed by atoms with Crippen LogP contribution < -0.4 is 0 Å². The lowest BCUT2D eigenvalue weighted by Gasteiger charge is -2.06. The van der Waals surface area contributed by atoms with Crippen LogP contribution in [-0.2, 0) is 0 Å². The smallest absolute Gasteiger partial charge is 0.355 e. The molecule has 3 nitrogen and oxygen atoms in total. The Morgan fingerprint density at radius 3 is 2.64 bits per heavy atom. The molecular weight excluding hydrogens is 260 g/mol. The predicted molar refractivity (Wildman–Crippen MR) is 48.6 cm³/mol. The molecule has 1 N–H and O–H groups in total. The third-order valence-corrected chi connectivity index (χ3v) is 2.22. The van der Waals surface area contributed by atoms with Crippen molar-refractivity contribution < 1.29 is 18.7 Å². The van der Waals surface area contributed by atoms with Crippen LogP contribution in [0.2, 0.25) is 0 Å². The number of aromatic nitrogens is 1. The molecule has 0 amide bonds. The molecule has 0 atom stereocenters. The molecule has 0 bridgehead atoms. The second-order valence-electron chi connectivity index (χ2n) is 2.63. The van der Waals surface area contributed by atoms with Gasteiger partial charge in [0.05, 0.1) is 4.47 Å². The van der Waals surface area contributed by atoms with Gasteiger partial charge in [0.1, 0.15) is 5.69 Å². The SMILES string of the molecule is Cc1cc(Br)c(C(=O)O)nc1C(F)F. The Hall–Kier alpha value is -1.04. The third-order valence-electron chi connectivity index (χ3n) is 1.62. The normalized spacial score (nSPS) is 10.6. The van der Waals surface area contributed by atoms with E-state index >= 15 is 0 Å². The summed E-state index contributed by atoms with van der Waals surface area (Å²) in [5, 5.41) is 8.63. The second kappa shape index (κ2) is 4.00. The highest BCUT2D eigenvalue weighted by atomic mass is 79.9. The van der Waals surface area contributed by atoms with E-state index in [0.29, 0.717) is 0 Å². The maximum atomic E-state index is 12.3. The van der Waals surface area contributed by atoms with Crippen LogP contribution in [0.5, 0.6) is 0 Å².